The number of benzene rings is 3. The molecule has 0 aliphatic carbocycles. The maximum atomic E-state index is 13.2. The van der Waals surface area contributed by atoms with Crippen LogP contribution in [0.1, 0.15) is 31.1 Å². The molecule has 24 heteroatoms. The third-order valence-corrected chi connectivity index (χ3v) is 8.04. The van der Waals surface area contributed by atoms with Crippen molar-refractivity contribution in [3.63, 3.8) is 0 Å². The maximum absolute atomic E-state index is 13.2. The van der Waals surface area contributed by atoms with Crippen molar-refractivity contribution in [2.24, 2.45) is 0 Å². The Hall–Kier alpha value is -8.31. The van der Waals surface area contributed by atoms with Gasteiger partial charge in [-0.25, -0.2) is 14.4 Å². The molecule has 60 heavy (non-hydrogen) atoms. The van der Waals surface area contributed by atoms with Gasteiger partial charge in [0.05, 0.1) is 36.3 Å². The van der Waals surface area contributed by atoms with Crippen LogP contribution in [-0.2, 0) is 43.0 Å². The van der Waals surface area contributed by atoms with Gasteiger partial charge in [-0.3, -0.25) is 28.8 Å². The summed E-state index contributed by atoms with van der Waals surface area (Å²) in [5, 5.41) is 71.6. The van der Waals surface area contributed by atoms with Crippen molar-refractivity contribution >= 4 is 53.4 Å². The molecule has 0 aromatic heterocycles. The summed E-state index contributed by atoms with van der Waals surface area (Å²) in [4.78, 5) is 115. The molecule has 0 bridgehead atoms. The summed E-state index contributed by atoms with van der Waals surface area (Å²) in [7, 11) is 0. The normalized spacial score (nSPS) is 16.8. The Kier molecular flexibility index (Phi) is 15.0. The number of para-hydroxylation sites is 3. The molecule has 0 spiro atoms. The third kappa shape index (κ3) is 11.9. The second-order valence-corrected chi connectivity index (χ2v) is 12.3. The summed E-state index contributed by atoms with van der Waals surface area (Å²) in [6.07, 6.45) is 0. The Morgan fingerprint density at radius 3 is 0.950 bits per heavy atom. The first-order valence-corrected chi connectivity index (χ1v) is 17.2. The Morgan fingerprint density at radius 1 is 0.450 bits per heavy atom. The summed E-state index contributed by atoms with van der Waals surface area (Å²) in [6.45, 7) is -5.55. The number of carbonyl (C=O) groups is 9. The second kappa shape index (κ2) is 20.2. The molecular formula is C36H36N6O18. The molecule has 3 aromatic carbocycles. The lowest BCUT2D eigenvalue weighted by molar-refractivity contribution is -0.163. The van der Waals surface area contributed by atoms with E-state index in [0.29, 0.717) is 0 Å². The van der Waals surface area contributed by atoms with Crippen molar-refractivity contribution in [1.82, 2.24) is 31.9 Å². The molecule has 1 aliphatic heterocycles. The molecule has 3 unspecified atom stereocenters. The molecule has 1 fully saturated rings. The zero-order valence-corrected chi connectivity index (χ0v) is 30.8. The van der Waals surface area contributed by atoms with Crippen LogP contribution in [0.25, 0.3) is 0 Å². The lowest BCUT2D eigenvalue weighted by Gasteiger charge is -2.25. The van der Waals surface area contributed by atoms with Crippen molar-refractivity contribution in [3.8, 4) is 34.5 Å². The van der Waals surface area contributed by atoms with Crippen molar-refractivity contribution in [2.75, 3.05) is 39.5 Å². The Balaban J connectivity index is 1.47. The van der Waals surface area contributed by atoms with Crippen LogP contribution >= 0.6 is 0 Å². The molecule has 3 aromatic rings. The van der Waals surface area contributed by atoms with Gasteiger partial charge in [-0.05, 0) is 36.4 Å². The van der Waals surface area contributed by atoms with Gasteiger partial charge < -0.3 is 76.8 Å². The number of phenols is 6. The summed E-state index contributed by atoms with van der Waals surface area (Å²) in [5.74, 6) is -14.7. The lowest BCUT2D eigenvalue weighted by atomic mass is 10.1. The van der Waals surface area contributed by atoms with Crippen LogP contribution in [0.2, 0.25) is 0 Å². The van der Waals surface area contributed by atoms with Crippen LogP contribution in [0, 0.1) is 0 Å². The molecule has 1 saturated heterocycles. The van der Waals surface area contributed by atoms with E-state index in [-0.39, 0.29) is 0 Å². The van der Waals surface area contributed by atoms with Crippen LogP contribution in [0.4, 0.5) is 0 Å². The highest BCUT2D eigenvalue weighted by molar-refractivity contribution is 6.01. The fraction of sp³-hybridized carbons (Fsp3) is 0.250. The van der Waals surface area contributed by atoms with Gasteiger partial charge in [0, 0.05) is 0 Å². The van der Waals surface area contributed by atoms with E-state index >= 15 is 0 Å². The van der Waals surface area contributed by atoms with E-state index in [1.165, 1.54) is 18.2 Å². The van der Waals surface area contributed by atoms with E-state index in [1.807, 2.05) is 0 Å². The van der Waals surface area contributed by atoms with Crippen molar-refractivity contribution in [3.05, 3.63) is 71.3 Å². The third-order valence-electron chi connectivity index (χ3n) is 8.04. The number of cyclic esters (lactones) is 3. The molecule has 318 valence electrons. The molecule has 12 N–H and O–H groups in total. The molecule has 6 amide bonds. The topological polar surface area (TPSA) is 375 Å². The van der Waals surface area contributed by atoms with Crippen molar-refractivity contribution in [2.45, 2.75) is 18.1 Å². The van der Waals surface area contributed by atoms with Gasteiger partial charge in [0.25, 0.3) is 17.7 Å². The number of nitrogens with one attached hydrogen (secondary N) is 6. The number of rotatable bonds is 12. The first-order valence-electron chi connectivity index (χ1n) is 17.2. The van der Waals surface area contributed by atoms with Gasteiger partial charge in [0.1, 0.15) is 19.8 Å². The van der Waals surface area contributed by atoms with Crippen LogP contribution in [0.5, 0.6) is 34.5 Å². The smallest absolute Gasteiger partial charge is 0.332 e. The van der Waals surface area contributed by atoms with Crippen molar-refractivity contribution < 1.29 is 88.0 Å². The largest absolute Gasteiger partial charge is 0.504 e. The fourth-order valence-corrected chi connectivity index (χ4v) is 4.95. The monoisotopic (exact) mass is 840 g/mol. The Labute approximate surface area is 336 Å². The van der Waals surface area contributed by atoms with Crippen LogP contribution < -0.4 is 31.9 Å². The van der Waals surface area contributed by atoms with Crippen molar-refractivity contribution in [1.29, 1.82) is 0 Å². The average Bonchev–Trinajstić information content (AvgIpc) is 3.21. The minimum atomic E-state index is -1.88. The molecule has 0 radical (unpaired) electrons. The standard InChI is InChI=1S/C36H36N6O18/c43-22-7-1-4-16(28(22)49)31(52)37-10-25(46)40-19-13-58-35(56)21(42-27(48)12-39-33(54)18-6-3-9-24(45)30(18)51)15-60-36(57)20(14-59-34(19)55)41-26(47)11-38-32(53)17-5-2-8-23(44)29(17)50/h1-9,19-21,43-45,49-51H,10-15H2,(H,37,52)(H,38,53)(H,39,54)(H,40,46)(H,41,47)(H,42,48). The minimum absolute atomic E-state index is 0.413. The van der Waals surface area contributed by atoms with Gasteiger partial charge in [-0.2, -0.15) is 0 Å². The van der Waals surface area contributed by atoms with E-state index in [4.69, 9.17) is 14.2 Å². The van der Waals surface area contributed by atoms with Gasteiger partial charge in [0.15, 0.2) is 52.6 Å². The fourth-order valence-electron chi connectivity index (χ4n) is 4.95. The van der Waals surface area contributed by atoms with E-state index < -0.39 is 162 Å². The number of esters is 3. The van der Waals surface area contributed by atoms with E-state index in [0.717, 1.165) is 36.4 Å². The summed E-state index contributed by atoms with van der Waals surface area (Å²) in [5.41, 5.74) is -1.24. The predicted octanol–water partition coefficient (Wildman–Crippen LogP) is -3.39. The number of hydrogen-bond acceptors (Lipinski definition) is 18. The second-order valence-electron chi connectivity index (χ2n) is 12.3. The molecule has 3 atom stereocenters. The van der Waals surface area contributed by atoms with Gasteiger partial charge in [0.2, 0.25) is 17.7 Å². The van der Waals surface area contributed by atoms with Gasteiger partial charge in [-0.1, -0.05) is 18.2 Å². The minimum Gasteiger partial charge on any atom is -0.504 e. The van der Waals surface area contributed by atoms with E-state index in [9.17, 15) is 73.8 Å². The summed E-state index contributed by atoms with van der Waals surface area (Å²) in [6, 6.07) is 4.73. The van der Waals surface area contributed by atoms with Crippen LogP contribution in [0.3, 0.4) is 0 Å². The highest BCUT2D eigenvalue weighted by Gasteiger charge is 2.34. The zero-order valence-electron chi connectivity index (χ0n) is 30.8. The van der Waals surface area contributed by atoms with Gasteiger partial charge in [-0.15, -0.1) is 0 Å². The average molecular weight is 841 g/mol. The molecule has 1 heterocycles. The van der Waals surface area contributed by atoms with Crippen LogP contribution in [0.15, 0.2) is 54.6 Å². The number of hydrogen-bond donors (Lipinski definition) is 12. The Morgan fingerprint density at radius 2 is 0.700 bits per heavy atom. The van der Waals surface area contributed by atoms with Gasteiger partial charge >= 0.3 is 17.9 Å². The quantitative estimate of drug-likeness (QED) is 0.0480. The molecule has 4 rings (SSSR count). The first-order chi connectivity index (χ1) is 28.5. The molecule has 0 saturated carbocycles. The molecule has 1 aliphatic rings. The number of amides is 6. The highest BCUT2D eigenvalue weighted by Crippen LogP contribution is 2.29. The maximum Gasteiger partial charge on any atom is 0.332 e. The SMILES string of the molecule is O=C(CNC(=O)c1cccc(O)c1O)NC1COC(=O)C(NC(=O)CNC(=O)c2cccc(O)c2O)COC(=O)C(NC(=O)CNC(=O)c2cccc(O)c2O)COC1=O. The number of carbonyl (C=O) groups excluding carboxylic acids is 9. The molecular weight excluding hydrogens is 804 g/mol. The Bertz CT molecular complexity index is 1950. The first kappa shape index (κ1) is 44.4. The van der Waals surface area contributed by atoms with E-state index in [1.54, 1.807) is 0 Å². The summed E-state index contributed by atoms with van der Waals surface area (Å²) >= 11 is 0. The van der Waals surface area contributed by atoms with E-state index in [2.05, 4.69) is 31.9 Å². The zero-order chi connectivity index (χ0) is 44.1. The highest BCUT2D eigenvalue weighted by atomic mass is 16.6. The number of phenolic OH excluding ortho intramolecular Hbond substituents is 6. The summed E-state index contributed by atoms with van der Waals surface area (Å²) < 4.78 is 15.3. The number of aromatic hydroxyl groups is 6. The number of ether oxygens (including phenoxy) is 3. The predicted molar refractivity (Wildman–Crippen MR) is 195 cm³/mol. The van der Waals surface area contributed by atoms with Crippen LogP contribution in [-0.4, -0.2) is 142 Å². The lowest BCUT2D eigenvalue weighted by Crippen LogP contribution is -2.54. The molecule has 24 nitrogen and oxygen atoms in total.